The molecule has 9 heteroatoms. The Morgan fingerprint density at radius 1 is 0.914 bits per heavy atom. The number of carbonyl (C=O) groups is 1. The van der Waals surface area contributed by atoms with Gasteiger partial charge >= 0.3 is 0 Å². The quantitative estimate of drug-likeness (QED) is 0.414. The summed E-state index contributed by atoms with van der Waals surface area (Å²) in [4.78, 5) is 18.0. The van der Waals surface area contributed by atoms with Crippen LogP contribution in [0.4, 0.5) is 0 Å². The third-order valence-corrected chi connectivity index (χ3v) is 5.27. The molecule has 3 rings (SSSR count). The number of nitrogens with zero attached hydrogens (tertiary/aromatic N) is 2. The lowest BCUT2D eigenvalue weighted by atomic mass is 10.0. The Hall–Kier alpha value is -3.88. The first-order valence-electron chi connectivity index (χ1n) is 11.5. The Labute approximate surface area is 205 Å². The van der Waals surface area contributed by atoms with E-state index >= 15 is 0 Å². The summed E-state index contributed by atoms with van der Waals surface area (Å²) in [6.07, 6.45) is 3.51. The van der Waals surface area contributed by atoms with Gasteiger partial charge in [-0.2, -0.15) is 0 Å². The highest BCUT2D eigenvalue weighted by atomic mass is 16.5. The van der Waals surface area contributed by atoms with Crippen molar-refractivity contribution in [2.75, 3.05) is 34.0 Å². The van der Waals surface area contributed by atoms with E-state index in [1.807, 2.05) is 50.7 Å². The molecule has 1 aromatic heterocycles. The van der Waals surface area contributed by atoms with E-state index in [1.54, 1.807) is 38.6 Å². The van der Waals surface area contributed by atoms with Gasteiger partial charge in [-0.05, 0) is 50.6 Å². The Morgan fingerprint density at radius 3 is 1.94 bits per heavy atom. The van der Waals surface area contributed by atoms with E-state index < -0.39 is 6.04 Å². The summed E-state index contributed by atoms with van der Waals surface area (Å²) in [7, 11) is 5.03. The Bertz CT molecular complexity index is 1090. The summed E-state index contributed by atoms with van der Waals surface area (Å²) in [6, 6.07) is 8.21. The normalized spacial score (nSPS) is 11.5. The molecule has 0 spiro atoms. The molecule has 1 unspecified atom stereocenters. The maximum absolute atomic E-state index is 13.6. The minimum absolute atomic E-state index is 0.329. The Balaban J connectivity index is 2.06. The van der Waals surface area contributed by atoms with Crippen molar-refractivity contribution < 1.29 is 28.5 Å². The molecule has 9 nitrogen and oxygen atoms in total. The van der Waals surface area contributed by atoms with Crippen LogP contribution in [0.1, 0.15) is 48.6 Å². The maximum Gasteiger partial charge on any atom is 0.252 e. The lowest BCUT2D eigenvalue weighted by Gasteiger charge is -2.22. The van der Waals surface area contributed by atoms with E-state index in [2.05, 4.69) is 10.3 Å². The molecule has 0 fully saturated rings. The van der Waals surface area contributed by atoms with Crippen molar-refractivity contribution in [3.63, 3.8) is 0 Å². The van der Waals surface area contributed by atoms with Gasteiger partial charge in [0.1, 0.15) is 23.4 Å². The van der Waals surface area contributed by atoms with Gasteiger partial charge in [0, 0.05) is 31.1 Å². The molecule has 0 saturated carbocycles. The van der Waals surface area contributed by atoms with E-state index in [0.717, 1.165) is 5.56 Å². The lowest BCUT2D eigenvalue weighted by Crippen LogP contribution is -2.31. The van der Waals surface area contributed by atoms with Crippen LogP contribution >= 0.6 is 0 Å². The van der Waals surface area contributed by atoms with E-state index in [9.17, 15) is 4.79 Å². The highest BCUT2D eigenvalue weighted by Gasteiger charge is 2.25. The number of rotatable bonds is 12. The van der Waals surface area contributed by atoms with E-state index in [-0.39, 0.29) is 5.91 Å². The van der Waals surface area contributed by atoms with Crippen molar-refractivity contribution in [2.45, 2.75) is 26.8 Å². The number of amides is 1. The molecule has 35 heavy (non-hydrogen) atoms. The van der Waals surface area contributed by atoms with Gasteiger partial charge in [0.2, 0.25) is 5.75 Å². The lowest BCUT2D eigenvalue weighted by molar-refractivity contribution is 0.0940. The smallest absolute Gasteiger partial charge is 0.252 e. The standard InChI is InChI=1S/C26H33N3O6/c1-7-33-21-14-18(15-22(34-8-2)24(21)35-9-3)26(30)28-23(25-27-10-11-29(25)4)17-12-19(31-5)16-20(13-17)32-6/h10-16,23H,7-9H2,1-6H3,(H,28,30). The average Bonchev–Trinajstić information content (AvgIpc) is 3.29. The van der Waals surface area contributed by atoms with Gasteiger partial charge in [0.05, 0.1) is 34.0 Å². The van der Waals surface area contributed by atoms with Crippen LogP contribution in [0.5, 0.6) is 28.7 Å². The molecule has 0 bridgehead atoms. The van der Waals surface area contributed by atoms with Gasteiger partial charge in [0.25, 0.3) is 5.91 Å². The third-order valence-electron chi connectivity index (χ3n) is 5.27. The van der Waals surface area contributed by atoms with Gasteiger partial charge in [-0.3, -0.25) is 4.79 Å². The minimum Gasteiger partial charge on any atom is -0.497 e. The first kappa shape index (κ1) is 25.7. The molecule has 3 aromatic rings. The van der Waals surface area contributed by atoms with Gasteiger partial charge in [-0.15, -0.1) is 0 Å². The molecule has 0 aliphatic heterocycles. The number of aryl methyl sites for hydroxylation is 1. The van der Waals surface area contributed by atoms with Crippen LogP contribution in [0.15, 0.2) is 42.7 Å². The monoisotopic (exact) mass is 483 g/mol. The summed E-state index contributed by atoms with van der Waals surface area (Å²) < 4.78 is 30.0. The van der Waals surface area contributed by atoms with Gasteiger partial charge in [-0.1, -0.05) is 0 Å². The van der Waals surface area contributed by atoms with Crippen LogP contribution in [-0.4, -0.2) is 49.5 Å². The number of hydrogen-bond acceptors (Lipinski definition) is 7. The van der Waals surface area contributed by atoms with E-state index in [1.165, 1.54) is 0 Å². The summed E-state index contributed by atoms with van der Waals surface area (Å²) in [5.74, 6) is 2.90. The summed E-state index contributed by atoms with van der Waals surface area (Å²) in [5.41, 5.74) is 1.12. The van der Waals surface area contributed by atoms with Crippen molar-refractivity contribution in [1.29, 1.82) is 0 Å². The molecular weight excluding hydrogens is 450 g/mol. The SMILES string of the molecule is CCOc1cc(C(=O)NC(c2cc(OC)cc(OC)c2)c2nccn2C)cc(OCC)c1OCC. The van der Waals surface area contributed by atoms with Crippen LogP contribution < -0.4 is 29.0 Å². The molecule has 0 saturated heterocycles. The molecule has 0 aliphatic carbocycles. The fourth-order valence-corrected chi connectivity index (χ4v) is 3.68. The van der Waals surface area contributed by atoms with Gasteiger partial charge in [0.15, 0.2) is 11.5 Å². The van der Waals surface area contributed by atoms with Crippen LogP contribution in [-0.2, 0) is 7.05 Å². The highest BCUT2D eigenvalue weighted by molar-refractivity contribution is 5.96. The number of carbonyl (C=O) groups excluding carboxylic acids is 1. The number of ether oxygens (including phenoxy) is 5. The van der Waals surface area contributed by atoms with Crippen molar-refractivity contribution >= 4 is 5.91 Å². The summed E-state index contributed by atoms with van der Waals surface area (Å²) in [6.45, 7) is 6.88. The number of aromatic nitrogens is 2. The molecule has 1 heterocycles. The predicted octanol–water partition coefficient (Wildman–Crippen LogP) is 4.15. The number of methoxy groups -OCH3 is 2. The van der Waals surface area contributed by atoms with Crippen molar-refractivity contribution in [2.24, 2.45) is 7.05 Å². The molecule has 0 radical (unpaired) electrons. The fourth-order valence-electron chi connectivity index (χ4n) is 3.68. The van der Waals surface area contributed by atoms with Crippen LogP contribution in [0.3, 0.4) is 0 Å². The number of benzene rings is 2. The summed E-state index contributed by atoms with van der Waals surface area (Å²) >= 11 is 0. The Morgan fingerprint density at radius 2 is 1.49 bits per heavy atom. The first-order valence-corrected chi connectivity index (χ1v) is 11.5. The average molecular weight is 484 g/mol. The van der Waals surface area contributed by atoms with Crippen molar-refractivity contribution in [3.05, 3.63) is 59.7 Å². The maximum atomic E-state index is 13.6. The number of hydrogen-bond donors (Lipinski definition) is 1. The van der Waals surface area contributed by atoms with Crippen LogP contribution in [0.2, 0.25) is 0 Å². The predicted molar refractivity (Wildman–Crippen MR) is 132 cm³/mol. The number of nitrogens with one attached hydrogen (secondary N) is 1. The zero-order valence-electron chi connectivity index (χ0n) is 21.1. The Kier molecular flexibility index (Phi) is 8.83. The summed E-state index contributed by atoms with van der Waals surface area (Å²) in [5, 5.41) is 3.10. The molecule has 2 aromatic carbocycles. The highest BCUT2D eigenvalue weighted by Crippen LogP contribution is 2.39. The second-order valence-corrected chi connectivity index (χ2v) is 7.55. The molecule has 1 atom stereocenters. The largest absolute Gasteiger partial charge is 0.497 e. The van der Waals surface area contributed by atoms with E-state index in [0.29, 0.717) is 60.0 Å². The van der Waals surface area contributed by atoms with Gasteiger partial charge in [-0.25, -0.2) is 4.98 Å². The van der Waals surface area contributed by atoms with Gasteiger partial charge < -0.3 is 33.6 Å². The van der Waals surface area contributed by atoms with Crippen molar-refractivity contribution in [1.82, 2.24) is 14.9 Å². The molecule has 1 N–H and O–H groups in total. The second-order valence-electron chi connectivity index (χ2n) is 7.55. The molecule has 1 amide bonds. The number of imidazole rings is 1. The van der Waals surface area contributed by atoms with Crippen LogP contribution in [0.25, 0.3) is 0 Å². The van der Waals surface area contributed by atoms with Crippen molar-refractivity contribution in [3.8, 4) is 28.7 Å². The zero-order chi connectivity index (χ0) is 25.4. The molecular formula is C26H33N3O6. The minimum atomic E-state index is -0.579. The fraction of sp³-hybridized carbons (Fsp3) is 0.385. The van der Waals surface area contributed by atoms with Crippen LogP contribution in [0, 0.1) is 0 Å². The topological polar surface area (TPSA) is 93.1 Å². The molecule has 188 valence electrons. The van der Waals surface area contributed by atoms with E-state index in [4.69, 9.17) is 23.7 Å². The molecule has 0 aliphatic rings. The zero-order valence-corrected chi connectivity index (χ0v) is 21.1. The third kappa shape index (κ3) is 5.98. The second kappa shape index (κ2) is 12.0. The first-order chi connectivity index (χ1) is 16.9.